The number of aliphatic hydroxyl groups excluding tert-OH is 1. The topological polar surface area (TPSA) is 107 Å². The molecule has 0 aliphatic carbocycles. The summed E-state index contributed by atoms with van der Waals surface area (Å²) in [6, 6.07) is -0.913. The van der Waals surface area contributed by atoms with Crippen molar-refractivity contribution in [1.29, 1.82) is 0 Å². The van der Waals surface area contributed by atoms with Crippen LogP contribution in [-0.4, -0.2) is 80.8 Å². The monoisotopic (exact) mass is 450 g/mol. The van der Waals surface area contributed by atoms with Gasteiger partial charge in [0.05, 0.1) is 11.5 Å². The van der Waals surface area contributed by atoms with E-state index in [1.807, 2.05) is 13.8 Å². The van der Waals surface area contributed by atoms with E-state index < -0.39 is 35.0 Å². The van der Waals surface area contributed by atoms with Gasteiger partial charge in [-0.25, -0.2) is 0 Å². The van der Waals surface area contributed by atoms with Crippen molar-refractivity contribution in [1.82, 2.24) is 9.80 Å². The average molecular weight is 451 g/mol. The van der Waals surface area contributed by atoms with Crippen LogP contribution in [0.1, 0.15) is 59.8 Å². The molecule has 3 aliphatic heterocycles. The highest BCUT2D eigenvalue weighted by molar-refractivity contribution is 5.98. The van der Waals surface area contributed by atoms with Crippen LogP contribution in [0.4, 0.5) is 0 Å². The van der Waals surface area contributed by atoms with Crippen LogP contribution in [0, 0.1) is 17.8 Å². The van der Waals surface area contributed by atoms with Gasteiger partial charge < -0.3 is 24.7 Å². The zero-order valence-corrected chi connectivity index (χ0v) is 19.7. The number of carbonyl (C=O) groups excluding carboxylic acids is 2. The number of amides is 2. The van der Waals surface area contributed by atoms with E-state index >= 15 is 0 Å². The molecule has 3 saturated heterocycles. The van der Waals surface area contributed by atoms with Gasteiger partial charge in [-0.2, -0.15) is 0 Å². The van der Waals surface area contributed by atoms with Crippen LogP contribution in [0.3, 0.4) is 0 Å². The molecule has 0 aromatic rings. The summed E-state index contributed by atoms with van der Waals surface area (Å²) in [6.45, 7) is 12.2. The number of unbranched alkanes of at least 4 members (excludes halogenated alkanes) is 1. The first-order chi connectivity index (χ1) is 15.1. The molecule has 8 nitrogen and oxygen atoms in total. The van der Waals surface area contributed by atoms with Gasteiger partial charge in [0.25, 0.3) is 0 Å². The van der Waals surface area contributed by atoms with E-state index in [1.54, 1.807) is 22.8 Å². The summed E-state index contributed by atoms with van der Waals surface area (Å²) in [5.74, 6) is -3.53. The number of ether oxygens (including phenoxy) is 1. The van der Waals surface area contributed by atoms with Crippen LogP contribution >= 0.6 is 0 Å². The molecule has 0 aromatic heterocycles. The van der Waals surface area contributed by atoms with Crippen molar-refractivity contribution in [2.24, 2.45) is 17.8 Å². The maximum Gasteiger partial charge on any atom is 0.310 e. The average Bonchev–Trinajstić information content (AvgIpc) is 3.23. The standard InChI is InChI=1S/C24H38N2O6/c1-6-10-16(4)25(11-7-2)21(29)19-24-14-15(3)23(5,32-24)18(22(30)31)17(24)20(28)26(19)12-8-9-13-27/h7,15-19,27H,2,6,8-14H2,1,3-5H3,(H,30,31)/t15?,16?,17-,18+,19?,23-,24?/m0/s1. The van der Waals surface area contributed by atoms with Crippen molar-refractivity contribution >= 4 is 17.8 Å². The van der Waals surface area contributed by atoms with Crippen molar-refractivity contribution in [3.05, 3.63) is 12.7 Å². The summed E-state index contributed by atoms with van der Waals surface area (Å²) in [4.78, 5) is 43.3. The lowest BCUT2D eigenvalue weighted by atomic mass is 9.62. The van der Waals surface area contributed by atoms with E-state index in [-0.39, 0.29) is 30.4 Å². The summed E-state index contributed by atoms with van der Waals surface area (Å²) in [6.07, 6.45) is 4.91. The van der Waals surface area contributed by atoms with Crippen molar-refractivity contribution < 1.29 is 29.3 Å². The molecule has 2 N–H and O–H groups in total. The van der Waals surface area contributed by atoms with Gasteiger partial charge in [0.2, 0.25) is 11.8 Å². The van der Waals surface area contributed by atoms with E-state index in [0.29, 0.717) is 32.4 Å². The molecule has 2 bridgehead atoms. The molecule has 7 atom stereocenters. The van der Waals surface area contributed by atoms with Gasteiger partial charge in [0, 0.05) is 25.7 Å². The zero-order valence-electron chi connectivity index (χ0n) is 19.7. The fraction of sp³-hybridized carbons (Fsp3) is 0.792. The lowest BCUT2D eigenvalue weighted by Gasteiger charge is -2.39. The Kier molecular flexibility index (Phi) is 7.05. The number of aliphatic carboxylic acids is 1. The van der Waals surface area contributed by atoms with Crippen molar-refractivity contribution in [2.45, 2.75) is 83.1 Å². The summed E-state index contributed by atoms with van der Waals surface area (Å²) in [5, 5.41) is 19.3. The first kappa shape index (κ1) is 24.7. The lowest BCUT2D eigenvalue weighted by Crippen LogP contribution is -2.58. The van der Waals surface area contributed by atoms with Gasteiger partial charge in [0.1, 0.15) is 17.6 Å². The number of fused-ring (bicyclic) bond motifs is 1. The van der Waals surface area contributed by atoms with Crippen LogP contribution in [0.5, 0.6) is 0 Å². The fourth-order valence-corrected chi connectivity index (χ4v) is 6.39. The molecule has 0 aromatic carbocycles. The largest absolute Gasteiger partial charge is 0.481 e. The molecule has 0 radical (unpaired) electrons. The summed E-state index contributed by atoms with van der Waals surface area (Å²) < 4.78 is 6.50. The highest BCUT2D eigenvalue weighted by Gasteiger charge is 2.80. The van der Waals surface area contributed by atoms with Crippen molar-refractivity contribution in [2.75, 3.05) is 19.7 Å². The minimum Gasteiger partial charge on any atom is -0.481 e. The highest BCUT2D eigenvalue weighted by atomic mass is 16.5. The predicted molar refractivity (Wildman–Crippen MR) is 119 cm³/mol. The molecule has 3 rings (SSSR count). The highest BCUT2D eigenvalue weighted by Crippen LogP contribution is 2.65. The lowest BCUT2D eigenvalue weighted by molar-refractivity contribution is -0.158. The molecule has 3 fully saturated rings. The van der Waals surface area contributed by atoms with E-state index in [2.05, 4.69) is 13.5 Å². The Balaban J connectivity index is 2.07. The van der Waals surface area contributed by atoms with E-state index in [4.69, 9.17) is 4.74 Å². The third-order valence-electron chi connectivity index (χ3n) is 7.97. The quantitative estimate of drug-likeness (QED) is 0.369. The Morgan fingerprint density at radius 2 is 2.09 bits per heavy atom. The van der Waals surface area contributed by atoms with Crippen molar-refractivity contribution in [3.8, 4) is 0 Å². The number of aliphatic hydroxyl groups is 1. The molecule has 1 spiro atoms. The second-order valence-electron chi connectivity index (χ2n) is 9.92. The summed E-state index contributed by atoms with van der Waals surface area (Å²) in [5.41, 5.74) is -2.13. The third-order valence-corrected chi connectivity index (χ3v) is 7.97. The first-order valence-electron chi connectivity index (χ1n) is 11.9. The smallest absolute Gasteiger partial charge is 0.310 e. The van der Waals surface area contributed by atoms with E-state index in [9.17, 15) is 24.6 Å². The number of hydrogen-bond donors (Lipinski definition) is 2. The Labute approximate surface area is 190 Å². The number of hydrogen-bond acceptors (Lipinski definition) is 5. The number of carbonyl (C=O) groups is 3. The minimum atomic E-state index is -1.14. The number of carboxylic acid groups (broad SMARTS) is 1. The predicted octanol–water partition coefficient (Wildman–Crippen LogP) is 2.06. The Morgan fingerprint density at radius 1 is 1.41 bits per heavy atom. The second-order valence-corrected chi connectivity index (χ2v) is 9.92. The van der Waals surface area contributed by atoms with Crippen molar-refractivity contribution in [3.63, 3.8) is 0 Å². The third kappa shape index (κ3) is 3.55. The zero-order chi connectivity index (χ0) is 23.8. The summed E-state index contributed by atoms with van der Waals surface area (Å²) in [7, 11) is 0. The van der Waals surface area contributed by atoms with Crippen LogP contribution in [-0.2, 0) is 19.1 Å². The number of nitrogens with zero attached hydrogens (tertiary/aromatic N) is 2. The molecule has 3 heterocycles. The Hall–Kier alpha value is -1.93. The molecule has 32 heavy (non-hydrogen) atoms. The molecule has 8 heteroatoms. The van der Waals surface area contributed by atoms with Gasteiger partial charge in [0.15, 0.2) is 0 Å². The SMILES string of the molecule is C=CCN(C(=O)C1N(CCCCO)C(=O)[C@@H]2[C@H](C(=O)O)[C@@]3(C)OC12CC3C)C(C)CCC. The van der Waals surface area contributed by atoms with E-state index in [1.165, 1.54) is 0 Å². The molecule has 0 saturated carbocycles. The summed E-state index contributed by atoms with van der Waals surface area (Å²) >= 11 is 0. The van der Waals surface area contributed by atoms with Gasteiger partial charge in [-0.15, -0.1) is 6.58 Å². The van der Waals surface area contributed by atoms with E-state index in [0.717, 1.165) is 12.8 Å². The molecule has 3 aliphatic rings. The van der Waals surface area contributed by atoms with Gasteiger partial charge in [-0.05, 0) is 45.4 Å². The Bertz CT molecular complexity index is 772. The number of likely N-dealkylation sites (tertiary alicyclic amines) is 1. The number of rotatable bonds is 11. The first-order valence-corrected chi connectivity index (χ1v) is 11.9. The van der Waals surface area contributed by atoms with Crippen LogP contribution in [0.15, 0.2) is 12.7 Å². The van der Waals surface area contributed by atoms with Crippen LogP contribution in [0.25, 0.3) is 0 Å². The fourth-order valence-electron chi connectivity index (χ4n) is 6.39. The molecule has 4 unspecified atom stereocenters. The van der Waals surface area contributed by atoms with Crippen LogP contribution in [0.2, 0.25) is 0 Å². The molecule has 2 amide bonds. The maximum absolute atomic E-state index is 14.1. The maximum atomic E-state index is 14.1. The van der Waals surface area contributed by atoms with Gasteiger partial charge >= 0.3 is 5.97 Å². The number of carboxylic acids is 1. The van der Waals surface area contributed by atoms with Crippen LogP contribution < -0.4 is 0 Å². The van der Waals surface area contributed by atoms with Gasteiger partial charge in [-0.3, -0.25) is 14.4 Å². The minimum absolute atomic E-state index is 0.00526. The van der Waals surface area contributed by atoms with Gasteiger partial charge in [-0.1, -0.05) is 26.3 Å². The molecular formula is C24H38N2O6. The normalized spacial score (nSPS) is 36.3. The molecule has 180 valence electrons. The Morgan fingerprint density at radius 3 is 2.66 bits per heavy atom. The molecular weight excluding hydrogens is 412 g/mol. The second kappa shape index (κ2) is 9.14.